The van der Waals surface area contributed by atoms with E-state index in [-0.39, 0.29) is 11.2 Å². The Morgan fingerprint density at radius 3 is 2.76 bits per heavy atom. The Morgan fingerprint density at radius 2 is 2.14 bits per heavy atom. The highest BCUT2D eigenvalue weighted by atomic mass is 32.1. The molecule has 0 aliphatic heterocycles. The van der Waals surface area contributed by atoms with Crippen LogP contribution in [-0.2, 0) is 6.42 Å². The van der Waals surface area contributed by atoms with Crippen molar-refractivity contribution in [2.45, 2.75) is 26.7 Å². The van der Waals surface area contributed by atoms with E-state index in [1.54, 1.807) is 0 Å². The van der Waals surface area contributed by atoms with E-state index < -0.39 is 0 Å². The minimum atomic E-state index is -0.0801. The lowest BCUT2D eigenvalue weighted by Gasteiger charge is -2.31. The summed E-state index contributed by atoms with van der Waals surface area (Å²) in [6, 6.07) is 6.02. The normalized spacial score (nSPS) is 16.3. The monoisotopic (exact) mass is 314 g/mol. The van der Waals surface area contributed by atoms with Crippen molar-refractivity contribution in [2.75, 3.05) is 0 Å². The van der Waals surface area contributed by atoms with E-state index in [1.165, 1.54) is 11.3 Å². The summed E-state index contributed by atoms with van der Waals surface area (Å²) in [5, 5.41) is 11.4. The Hall–Kier alpha value is -1.77. The van der Waals surface area contributed by atoms with Gasteiger partial charge in [-0.05, 0) is 23.3 Å². The molecule has 0 spiro atoms. The van der Waals surface area contributed by atoms with Crippen LogP contribution in [-0.4, -0.2) is 10.8 Å². The number of ketones is 1. The van der Waals surface area contributed by atoms with Crippen LogP contribution < -0.4 is 0 Å². The van der Waals surface area contributed by atoms with Gasteiger partial charge in [-0.15, -0.1) is 11.3 Å². The maximum absolute atomic E-state index is 12.6. The highest BCUT2D eigenvalue weighted by Crippen LogP contribution is 2.40. The number of hydrogen-bond acceptors (Lipinski definition) is 4. The van der Waals surface area contributed by atoms with Gasteiger partial charge in [0.05, 0.1) is 5.56 Å². The number of H-pyrrole nitrogens is 1. The van der Waals surface area contributed by atoms with Gasteiger partial charge in [0, 0.05) is 28.1 Å². The van der Waals surface area contributed by atoms with Crippen LogP contribution in [0.4, 0.5) is 0 Å². The lowest BCUT2D eigenvalue weighted by atomic mass is 9.74. The zero-order valence-corrected chi connectivity index (χ0v) is 13.5. The summed E-state index contributed by atoms with van der Waals surface area (Å²) in [5.74, 6) is 0.0902. The van der Waals surface area contributed by atoms with Crippen LogP contribution in [0.1, 0.15) is 41.9 Å². The molecule has 0 unspecified atom stereocenters. The molecular weight excluding hydrogens is 300 g/mol. The minimum Gasteiger partial charge on any atom is -0.348 e. The summed E-state index contributed by atoms with van der Waals surface area (Å²) in [4.78, 5) is 16.7. The average Bonchev–Trinajstić information content (AvgIpc) is 2.88. The molecule has 0 bridgehead atoms. The molecule has 2 aromatic rings. The number of Topliss-reactive ketones (excluding diaryl/α,β-unsaturated/α-hetero) is 1. The van der Waals surface area contributed by atoms with Crippen molar-refractivity contribution >= 4 is 29.3 Å². The Morgan fingerprint density at radius 1 is 1.38 bits per heavy atom. The number of fused-ring (bicyclic) bond motifs is 1. The van der Waals surface area contributed by atoms with Crippen molar-refractivity contribution in [3.8, 4) is 16.5 Å². The number of carbonyl (C=O) groups is 1. The van der Waals surface area contributed by atoms with Crippen molar-refractivity contribution < 1.29 is 4.79 Å². The van der Waals surface area contributed by atoms with Gasteiger partial charge in [-0.25, -0.2) is 0 Å². The molecule has 2 heterocycles. The van der Waals surface area contributed by atoms with Gasteiger partial charge in [0.2, 0.25) is 0 Å². The molecule has 2 aromatic heterocycles. The van der Waals surface area contributed by atoms with E-state index in [4.69, 9.17) is 12.2 Å². The summed E-state index contributed by atoms with van der Waals surface area (Å²) in [6.07, 6.45) is 1.26. The molecule has 5 heteroatoms. The van der Waals surface area contributed by atoms with E-state index in [2.05, 4.69) is 24.9 Å². The number of thiophene rings is 1. The van der Waals surface area contributed by atoms with Gasteiger partial charge in [-0.2, -0.15) is 5.26 Å². The summed E-state index contributed by atoms with van der Waals surface area (Å²) >= 11 is 6.85. The molecule has 21 heavy (non-hydrogen) atoms. The van der Waals surface area contributed by atoms with Crippen LogP contribution in [0.25, 0.3) is 10.4 Å². The predicted molar refractivity (Wildman–Crippen MR) is 86.1 cm³/mol. The third-order valence-electron chi connectivity index (χ3n) is 3.75. The van der Waals surface area contributed by atoms with Crippen LogP contribution in [0, 0.1) is 21.4 Å². The summed E-state index contributed by atoms with van der Waals surface area (Å²) < 4.78 is 0.421. The number of nitriles is 1. The maximum atomic E-state index is 12.6. The maximum Gasteiger partial charge on any atom is 0.165 e. The lowest BCUT2D eigenvalue weighted by Crippen LogP contribution is -2.29. The fourth-order valence-electron chi connectivity index (χ4n) is 2.93. The number of nitrogens with one attached hydrogen (secondary N) is 1. The van der Waals surface area contributed by atoms with Gasteiger partial charge in [0.15, 0.2) is 5.78 Å². The van der Waals surface area contributed by atoms with E-state index >= 15 is 0 Å². The number of carbonyl (C=O) groups excluding carboxylic acids is 1. The summed E-state index contributed by atoms with van der Waals surface area (Å²) in [5.41, 5.74) is 2.56. The van der Waals surface area contributed by atoms with Crippen molar-refractivity contribution in [1.82, 2.24) is 4.98 Å². The molecule has 3 nitrogen and oxygen atoms in total. The topological polar surface area (TPSA) is 56.6 Å². The Bertz CT molecular complexity index is 823. The Balaban J connectivity index is 2.39. The fourth-order valence-corrected chi connectivity index (χ4v) is 3.98. The van der Waals surface area contributed by atoms with Crippen LogP contribution in [0.3, 0.4) is 0 Å². The highest BCUT2D eigenvalue weighted by Gasteiger charge is 2.34. The quantitative estimate of drug-likeness (QED) is 0.788. The van der Waals surface area contributed by atoms with Gasteiger partial charge in [-0.3, -0.25) is 4.79 Å². The minimum absolute atomic E-state index is 0.0801. The Kier molecular flexibility index (Phi) is 3.31. The molecule has 0 saturated carbocycles. The molecule has 1 N–H and O–H groups in total. The zero-order chi connectivity index (χ0) is 15.2. The number of aromatic amines is 1. The molecule has 106 valence electrons. The lowest BCUT2D eigenvalue weighted by molar-refractivity contribution is 0.0911. The van der Waals surface area contributed by atoms with E-state index in [9.17, 15) is 10.1 Å². The van der Waals surface area contributed by atoms with Crippen LogP contribution in [0.15, 0.2) is 17.5 Å². The number of pyridine rings is 1. The number of rotatable bonds is 1. The van der Waals surface area contributed by atoms with Gasteiger partial charge in [-0.1, -0.05) is 32.1 Å². The first-order valence-corrected chi connectivity index (χ1v) is 7.98. The number of aromatic nitrogens is 1. The van der Waals surface area contributed by atoms with Crippen molar-refractivity contribution in [1.29, 1.82) is 5.26 Å². The average molecular weight is 314 g/mol. The predicted octanol–water partition coefficient (Wildman–Crippen LogP) is 4.50. The first-order valence-electron chi connectivity index (χ1n) is 6.69. The second-order valence-corrected chi connectivity index (χ2v) is 7.44. The fraction of sp³-hybridized carbons (Fsp3) is 0.312. The number of nitrogens with zero attached hydrogens (tertiary/aromatic N) is 1. The van der Waals surface area contributed by atoms with Crippen LogP contribution in [0.2, 0.25) is 0 Å². The number of hydrogen-bond donors (Lipinski definition) is 1. The van der Waals surface area contributed by atoms with Gasteiger partial charge in [0.25, 0.3) is 0 Å². The molecule has 1 aliphatic carbocycles. The van der Waals surface area contributed by atoms with Crippen molar-refractivity contribution in [3.05, 3.63) is 39.0 Å². The Labute approximate surface area is 132 Å². The zero-order valence-electron chi connectivity index (χ0n) is 11.8. The van der Waals surface area contributed by atoms with E-state index in [0.717, 1.165) is 17.0 Å². The van der Waals surface area contributed by atoms with Gasteiger partial charge >= 0.3 is 0 Å². The molecule has 0 saturated heterocycles. The largest absolute Gasteiger partial charge is 0.348 e. The van der Waals surface area contributed by atoms with Gasteiger partial charge in [0.1, 0.15) is 10.7 Å². The second-order valence-electron chi connectivity index (χ2n) is 6.09. The standard InChI is InChI=1S/C16H14N2OS2/c1-16(2)6-10-14(11(19)7-16)13(12-4-3-5-21-12)9(8-17)15(20)18-10/h3-5H,6-7H2,1-2H3,(H,18,20). The van der Waals surface area contributed by atoms with Gasteiger partial charge < -0.3 is 4.98 Å². The summed E-state index contributed by atoms with van der Waals surface area (Å²) in [7, 11) is 0. The molecule has 3 rings (SSSR count). The molecule has 0 atom stereocenters. The third kappa shape index (κ3) is 2.35. The van der Waals surface area contributed by atoms with Crippen LogP contribution >= 0.6 is 23.6 Å². The van der Waals surface area contributed by atoms with Crippen molar-refractivity contribution in [2.24, 2.45) is 5.41 Å². The van der Waals surface area contributed by atoms with Crippen molar-refractivity contribution in [3.63, 3.8) is 0 Å². The molecule has 0 aromatic carbocycles. The molecule has 0 radical (unpaired) electrons. The SMILES string of the molecule is CC1(C)CC(=O)c2c([nH]c(=S)c(C#N)c2-c2cccs2)C1. The summed E-state index contributed by atoms with van der Waals surface area (Å²) in [6.45, 7) is 4.15. The molecule has 0 fully saturated rings. The van der Waals surface area contributed by atoms with E-state index in [1.807, 2.05) is 17.5 Å². The molecule has 1 aliphatic rings. The van der Waals surface area contributed by atoms with E-state index in [0.29, 0.717) is 27.8 Å². The second kappa shape index (κ2) is 4.90. The first-order chi connectivity index (χ1) is 9.93. The molecule has 0 amide bonds. The highest BCUT2D eigenvalue weighted by molar-refractivity contribution is 7.71. The third-order valence-corrected chi connectivity index (χ3v) is 4.94. The first kappa shape index (κ1) is 14.2. The smallest absolute Gasteiger partial charge is 0.165 e. The molecular formula is C16H14N2OS2. The van der Waals surface area contributed by atoms with Crippen LogP contribution in [0.5, 0.6) is 0 Å².